The Labute approximate surface area is 199 Å². The Morgan fingerprint density at radius 1 is 0.794 bits per heavy atom. The van der Waals surface area contributed by atoms with Crippen LogP contribution in [0.5, 0.6) is 28.7 Å². The van der Waals surface area contributed by atoms with E-state index in [9.17, 15) is 4.79 Å². The first-order chi connectivity index (χ1) is 16.6. The highest BCUT2D eigenvalue weighted by Gasteiger charge is 2.18. The minimum absolute atomic E-state index is 0.0447. The standard InChI is InChI=1S/C27H29NO6/c1-30-22-8-4-19(5-9-22)16-27(29)28(17-21-7-11-24-26(15-21)34-18-33-24)13-12-20-6-10-23(31-2)25(14-20)32-3/h4-11,14-15H,12-13,16-18H2,1-3H3. The van der Waals surface area contributed by atoms with Crippen LogP contribution in [-0.2, 0) is 24.2 Å². The number of rotatable bonds is 10. The zero-order valence-corrected chi connectivity index (χ0v) is 19.7. The molecule has 0 aromatic heterocycles. The van der Waals surface area contributed by atoms with Crippen LogP contribution in [0.3, 0.4) is 0 Å². The third kappa shape index (κ3) is 5.54. The fourth-order valence-electron chi connectivity index (χ4n) is 3.88. The molecule has 4 rings (SSSR count). The van der Waals surface area contributed by atoms with Gasteiger partial charge in [-0.25, -0.2) is 0 Å². The summed E-state index contributed by atoms with van der Waals surface area (Å²) in [5.74, 6) is 3.60. The topological polar surface area (TPSA) is 66.5 Å². The van der Waals surface area contributed by atoms with Crippen molar-refractivity contribution in [1.29, 1.82) is 0 Å². The molecule has 3 aromatic carbocycles. The lowest BCUT2D eigenvalue weighted by atomic mass is 10.1. The van der Waals surface area contributed by atoms with Crippen LogP contribution in [0, 0.1) is 0 Å². The molecule has 0 bridgehead atoms. The van der Waals surface area contributed by atoms with E-state index in [0.717, 1.165) is 28.2 Å². The van der Waals surface area contributed by atoms with Crippen LogP contribution in [-0.4, -0.2) is 45.5 Å². The van der Waals surface area contributed by atoms with Crippen LogP contribution < -0.4 is 23.7 Å². The quantitative estimate of drug-likeness (QED) is 0.448. The molecule has 0 N–H and O–H groups in total. The molecular formula is C27H29NO6. The van der Waals surface area contributed by atoms with E-state index in [2.05, 4.69) is 0 Å². The summed E-state index contributed by atoms with van der Waals surface area (Å²) in [7, 11) is 4.86. The minimum atomic E-state index is 0.0447. The van der Waals surface area contributed by atoms with Gasteiger partial charge in [0.25, 0.3) is 0 Å². The number of benzene rings is 3. The summed E-state index contributed by atoms with van der Waals surface area (Å²) in [4.78, 5) is 15.2. The van der Waals surface area contributed by atoms with Gasteiger partial charge in [0.05, 0.1) is 27.8 Å². The number of amides is 1. The Balaban J connectivity index is 1.50. The van der Waals surface area contributed by atoms with E-state index in [-0.39, 0.29) is 12.7 Å². The Bertz CT molecular complexity index is 1130. The van der Waals surface area contributed by atoms with E-state index in [1.54, 1.807) is 21.3 Å². The van der Waals surface area contributed by atoms with Crippen molar-refractivity contribution in [2.75, 3.05) is 34.7 Å². The summed E-state index contributed by atoms with van der Waals surface area (Å²) >= 11 is 0. The zero-order chi connectivity index (χ0) is 23.9. The summed E-state index contributed by atoms with van der Waals surface area (Å²) in [5.41, 5.74) is 2.98. The summed E-state index contributed by atoms with van der Waals surface area (Å²) in [5, 5.41) is 0. The number of carbonyl (C=O) groups is 1. The van der Waals surface area contributed by atoms with Gasteiger partial charge in [-0.15, -0.1) is 0 Å². The number of fused-ring (bicyclic) bond motifs is 1. The molecule has 0 saturated carbocycles. The largest absolute Gasteiger partial charge is 0.497 e. The molecule has 0 atom stereocenters. The molecule has 0 fully saturated rings. The Hall–Kier alpha value is -3.87. The maximum Gasteiger partial charge on any atom is 0.231 e. The fraction of sp³-hybridized carbons (Fsp3) is 0.296. The van der Waals surface area contributed by atoms with E-state index in [1.165, 1.54) is 0 Å². The second-order valence-corrected chi connectivity index (χ2v) is 7.97. The lowest BCUT2D eigenvalue weighted by Crippen LogP contribution is -2.33. The van der Waals surface area contributed by atoms with Crippen molar-refractivity contribution in [2.24, 2.45) is 0 Å². The van der Waals surface area contributed by atoms with Gasteiger partial charge in [-0.2, -0.15) is 0 Å². The van der Waals surface area contributed by atoms with Gasteiger partial charge >= 0.3 is 0 Å². The highest BCUT2D eigenvalue weighted by atomic mass is 16.7. The molecular weight excluding hydrogens is 434 g/mol. The Kier molecular flexibility index (Phi) is 7.42. The normalized spacial score (nSPS) is 11.7. The van der Waals surface area contributed by atoms with Crippen molar-refractivity contribution in [3.8, 4) is 28.7 Å². The molecule has 0 radical (unpaired) electrons. The van der Waals surface area contributed by atoms with Gasteiger partial charge in [0.15, 0.2) is 23.0 Å². The number of ether oxygens (including phenoxy) is 5. The fourth-order valence-corrected chi connectivity index (χ4v) is 3.88. The van der Waals surface area contributed by atoms with Gasteiger partial charge in [0, 0.05) is 13.1 Å². The molecule has 1 amide bonds. The molecule has 1 aliphatic rings. The SMILES string of the molecule is COc1ccc(CC(=O)N(CCc2ccc(OC)c(OC)c2)Cc2ccc3c(c2)OCO3)cc1. The maximum absolute atomic E-state index is 13.3. The van der Waals surface area contributed by atoms with E-state index in [1.807, 2.05) is 65.6 Å². The zero-order valence-electron chi connectivity index (χ0n) is 19.7. The summed E-state index contributed by atoms with van der Waals surface area (Å²) < 4.78 is 26.9. The maximum atomic E-state index is 13.3. The summed E-state index contributed by atoms with van der Waals surface area (Å²) in [6.07, 6.45) is 0.986. The molecule has 0 unspecified atom stereocenters. The van der Waals surface area contributed by atoms with Crippen LogP contribution in [0.2, 0.25) is 0 Å². The third-order valence-corrected chi connectivity index (χ3v) is 5.80. The van der Waals surface area contributed by atoms with Gasteiger partial charge in [-0.1, -0.05) is 24.3 Å². The van der Waals surface area contributed by atoms with Gasteiger partial charge < -0.3 is 28.6 Å². The molecule has 3 aromatic rings. The number of hydrogen-bond donors (Lipinski definition) is 0. The van der Waals surface area contributed by atoms with Crippen molar-refractivity contribution in [1.82, 2.24) is 4.90 Å². The molecule has 7 heteroatoms. The average molecular weight is 464 g/mol. The number of nitrogens with zero attached hydrogens (tertiary/aromatic N) is 1. The van der Waals surface area contributed by atoms with Crippen LogP contribution in [0.15, 0.2) is 60.7 Å². The van der Waals surface area contributed by atoms with Gasteiger partial charge in [-0.3, -0.25) is 4.79 Å². The van der Waals surface area contributed by atoms with Gasteiger partial charge in [0.2, 0.25) is 12.7 Å². The Morgan fingerprint density at radius 3 is 2.24 bits per heavy atom. The Morgan fingerprint density at radius 2 is 1.50 bits per heavy atom. The van der Waals surface area contributed by atoms with Crippen molar-refractivity contribution >= 4 is 5.91 Å². The molecule has 1 aliphatic heterocycles. The average Bonchev–Trinajstić information content (AvgIpc) is 3.34. The molecule has 0 aliphatic carbocycles. The van der Waals surface area contributed by atoms with Crippen molar-refractivity contribution in [2.45, 2.75) is 19.4 Å². The number of methoxy groups -OCH3 is 3. The van der Waals surface area contributed by atoms with Gasteiger partial charge in [-0.05, 0) is 59.5 Å². The van der Waals surface area contributed by atoms with Crippen LogP contribution in [0.25, 0.3) is 0 Å². The molecule has 7 nitrogen and oxygen atoms in total. The lowest BCUT2D eigenvalue weighted by molar-refractivity contribution is -0.131. The van der Waals surface area contributed by atoms with Crippen LogP contribution in [0.1, 0.15) is 16.7 Å². The van der Waals surface area contributed by atoms with E-state index >= 15 is 0 Å². The predicted octanol–water partition coefficient (Wildman–Crippen LogP) is 4.26. The third-order valence-electron chi connectivity index (χ3n) is 5.80. The monoisotopic (exact) mass is 463 g/mol. The second kappa shape index (κ2) is 10.8. The van der Waals surface area contributed by atoms with Gasteiger partial charge in [0.1, 0.15) is 5.75 Å². The minimum Gasteiger partial charge on any atom is -0.497 e. The molecule has 0 spiro atoms. The van der Waals surface area contributed by atoms with E-state index < -0.39 is 0 Å². The molecule has 0 saturated heterocycles. The summed E-state index contributed by atoms with van der Waals surface area (Å²) in [6, 6.07) is 19.2. The first-order valence-electron chi connectivity index (χ1n) is 11.1. The highest BCUT2D eigenvalue weighted by Crippen LogP contribution is 2.33. The van der Waals surface area contributed by atoms with E-state index in [4.69, 9.17) is 23.7 Å². The van der Waals surface area contributed by atoms with Crippen molar-refractivity contribution in [3.05, 3.63) is 77.4 Å². The second-order valence-electron chi connectivity index (χ2n) is 7.97. The molecule has 34 heavy (non-hydrogen) atoms. The molecule has 178 valence electrons. The van der Waals surface area contributed by atoms with Crippen LogP contribution >= 0.6 is 0 Å². The van der Waals surface area contributed by atoms with E-state index in [0.29, 0.717) is 43.2 Å². The first-order valence-corrected chi connectivity index (χ1v) is 11.1. The smallest absolute Gasteiger partial charge is 0.231 e. The van der Waals surface area contributed by atoms with Crippen molar-refractivity contribution < 1.29 is 28.5 Å². The van der Waals surface area contributed by atoms with Crippen LogP contribution in [0.4, 0.5) is 0 Å². The highest BCUT2D eigenvalue weighted by molar-refractivity contribution is 5.79. The predicted molar refractivity (Wildman–Crippen MR) is 128 cm³/mol. The number of hydrogen-bond acceptors (Lipinski definition) is 6. The number of carbonyl (C=O) groups excluding carboxylic acids is 1. The first kappa shape index (κ1) is 23.3. The summed E-state index contributed by atoms with van der Waals surface area (Å²) in [6.45, 7) is 1.25. The van der Waals surface area contributed by atoms with Crippen molar-refractivity contribution in [3.63, 3.8) is 0 Å². The lowest BCUT2D eigenvalue weighted by Gasteiger charge is -2.24. The molecule has 1 heterocycles.